The van der Waals surface area contributed by atoms with Crippen LogP contribution in [0.4, 0.5) is 0 Å². The molecule has 0 aromatic heterocycles. The topological polar surface area (TPSA) is 29.1 Å². The highest BCUT2D eigenvalue weighted by atomic mass is 32.1. The second-order valence-electron chi connectivity index (χ2n) is 0.891. The van der Waals surface area contributed by atoms with Crippen molar-refractivity contribution in [1.82, 2.24) is 5.32 Å². The van der Waals surface area contributed by atoms with E-state index in [4.69, 9.17) is 0 Å². The number of thiol groups is 1. The fraction of sp³-hybridized carbons (Fsp3) is 0.667. The summed E-state index contributed by atoms with van der Waals surface area (Å²) in [5, 5.41) is 2.43. The number of nitrogens with one attached hydrogen (secondary N) is 1. The lowest BCUT2D eigenvalue weighted by molar-refractivity contribution is -0.118. The Morgan fingerprint density at radius 2 is 2.50 bits per heavy atom. The summed E-state index contributed by atoms with van der Waals surface area (Å²) in [5.74, 6) is 0.389. The minimum atomic E-state index is -0.0370. The molecule has 0 atom stereocenters. The van der Waals surface area contributed by atoms with E-state index < -0.39 is 0 Å². The van der Waals surface area contributed by atoms with Gasteiger partial charge in [-0.1, -0.05) is 0 Å². The molecule has 6 heavy (non-hydrogen) atoms. The molecule has 1 amide bonds. The molecule has 0 aliphatic carbocycles. The molecule has 0 aromatic rings. The minimum absolute atomic E-state index is 0.0370. The normalized spacial score (nSPS) is 7.67. The highest BCUT2D eigenvalue weighted by Crippen LogP contribution is 1.62. The minimum Gasteiger partial charge on any atom is -0.348 e. The van der Waals surface area contributed by atoms with Gasteiger partial charge in [-0.3, -0.25) is 4.79 Å². The van der Waals surface area contributed by atoms with E-state index in [9.17, 15) is 4.79 Å². The fourth-order valence-corrected chi connectivity index (χ4v) is 0.334. The van der Waals surface area contributed by atoms with Crippen molar-refractivity contribution in [3.8, 4) is 0 Å². The van der Waals surface area contributed by atoms with Crippen LogP contribution in [0.1, 0.15) is 6.92 Å². The zero-order valence-corrected chi connectivity index (χ0v) is 4.46. The highest BCUT2D eigenvalue weighted by molar-refractivity contribution is 7.80. The van der Waals surface area contributed by atoms with E-state index in [1.54, 1.807) is 0 Å². The Morgan fingerprint density at radius 3 is 2.50 bits per heavy atom. The van der Waals surface area contributed by atoms with Crippen LogP contribution >= 0.6 is 12.6 Å². The first kappa shape index (κ1) is 5.82. The summed E-state index contributed by atoms with van der Waals surface area (Å²) in [6.07, 6.45) is 0. The SMILES string of the molecule is CC(=O)NCS. The van der Waals surface area contributed by atoms with Crippen LogP contribution in [0.25, 0.3) is 0 Å². The average molecular weight is 105 g/mol. The van der Waals surface area contributed by atoms with Crippen LogP contribution < -0.4 is 5.32 Å². The molecule has 0 rings (SSSR count). The maximum atomic E-state index is 9.88. The summed E-state index contributed by atoms with van der Waals surface area (Å²) in [5.41, 5.74) is 0. The molecule has 0 saturated heterocycles. The first-order valence-electron chi connectivity index (χ1n) is 1.62. The Kier molecular flexibility index (Phi) is 2.94. The molecule has 0 fully saturated rings. The Hall–Kier alpha value is -0.180. The molecule has 0 spiro atoms. The quantitative estimate of drug-likeness (QED) is 0.357. The monoisotopic (exact) mass is 105 g/mol. The third-order valence-corrected chi connectivity index (χ3v) is 0.486. The Balaban J connectivity index is 2.83. The highest BCUT2D eigenvalue weighted by Gasteiger charge is 1.79. The van der Waals surface area contributed by atoms with Crippen LogP contribution in [0.2, 0.25) is 0 Å². The predicted molar refractivity (Wildman–Crippen MR) is 27.7 cm³/mol. The molecule has 3 heteroatoms. The van der Waals surface area contributed by atoms with Gasteiger partial charge in [0.1, 0.15) is 0 Å². The molecular weight excluding hydrogens is 98.1 g/mol. The van der Waals surface area contributed by atoms with Gasteiger partial charge in [-0.2, -0.15) is 12.6 Å². The smallest absolute Gasteiger partial charge is 0.217 e. The summed E-state index contributed by atoms with van der Waals surface area (Å²) in [4.78, 5) is 9.88. The van der Waals surface area contributed by atoms with E-state index in [0.717, 1.165) is 0 Å². The molecule has 0 aromatic carbocycles. The van der Waals surface area contributed by atoms with E-state index in [-0.39, 0.29) is 5.91 Å². The second-order valence-corrected chi connectivity index (χ2v) is 1.21. The van der Waals surface area contributed by atoms with Gasteiger partial charge in [0.25, 0.3) is 0 Å². The molecule has 0 aliphatic heterocycles. The number of rotatable bonds is 1. The van der Waals surface area contributed by atoms with Crippen molar-refractivity contribution >= 4 is 18.5 Å². The number of hydrogen-bond acceptors (Lipinski definition) is 2. The maximum absolute atomic E-state index is 9.88. The van der Waals surface area contributed by atoms with Crippen molar-refractivity contribution in [2.24, 2.45) is 0 Å². The summed E-state index contributed by atoms with van der Waals surface area (Å²) < 4.78 is 0. The van der Waals surface area contributed by atoms with E-state index >= 15 is 0 Å². The van der Waals surface area contributed by atoms with Gasteiger partial charge < -0.3 is 5.32 Å². The molecular formula is C3H7NOS. The maximum Gasteiger partial charge on any atom is 0.217 e. The lowest BCUT2D eigenvalue weighted by Gasteiger charge is -1.88. The Labute approximate surface area is 42.3 Å². The number of hydrogen-bond donors (Lipinski definition) is 2. The first-order chi connectivity index (χ1) is 2.77. The van der Waals surface area contributed by atoms with Gasteiger partial charge in [0, 0.05) is 6.92 Å². The predicted octanol–water partition coefficient (Wildman–Crippen LogP) is 0.00980. The van der Waals surface area contributed by atoms with Gasteiger partial charge in [0.2, 0.25) is 5.91 Å². The largest absolute Gasteiger partial charge is 0.348 e. The van der Waals surface area contributed by atoms with Gasteiger partial charge in [0.05, 0.1) is 5.88 Å². The van der Waals surface area contributed by atoms with Crippen LogP contribution in [0.3, 0.4) is 0 Å². The lowest BCUT2D eigenvalue weighted by atomic mass is 10.7. The van der Waals surface area contributed by atoms with Gasteiger partial charge in [-0.05, 0) is 0 Å². The van der Waals surface area contributed by atoms with Crippen molar-refractivity contribution in [3.63, 3.8) is 0 Å². The number of carbonyl (C=O) groups excluding carboxylic acids is 1. The van der Waals surface area contributed by atoms with Crippen LogP contribution in [-0.4, -0.2) is 11.8 Å². The van der Waals surface area contributed by atoms with Crippen molar-refractivity contribution in [2.75, 3.05) is 5.88 Å². The lowest BCUT2D eigenvalue weighted by Crippen LogP contribution is -2.16. The number of carbonyl (C=O) groups is 1. The third-order valence-electron chi connectivity index (χ3n) is 0.328. The van der Waals surface area contributed by atoms with E-state index in [1.165, 1.54) is 6.92 Å². The standard InChI is InChI=1S/C3H7NOS/c1-3(5)4-2-6/h6H,2H2,1H3,(H,4,5). The molecule has 0 heterocycles. The van der Waals surface area contributed by atoms with Crippen molar-refractivity contribution in [1.29, 1.82) is 0 Å². The van der Waals surface area contributed by atoms with E-state index in [2.05, 4.69) is 17.9 Å². The van der Waals surface area contributed by atoms with Crippen molar-refractivity contribution in [3.05, 3.63) is 0 Å². The fourth-order valence-electron chi connectivity index (χ4n) is 0.111. The second kappa shape index (κ2) is 3.03. The van der Waals surface area contributed by atoms with E-state index in [0.29, 0.717) is 5.88 Å². The van der Waals surface area contributed by atoms with Gasteiger partial charge in [0.15, 0.2) is 0 Å². The zero-order chi connectivity index (χ0) is 4.99. The molecule has 0 radical (unpaired) electrons. The number of amides is 1. The molecule has 0 bridgehead atoms. The van der Waals surface area contributed by atoms with Crippen molar-refractivity contribution < 1.29 is 4.79 Å². The Bertz CT molecular complexity index is 54.8. The van der Waals surface area contributed by atoms with Crippen LogP contribution in [-0.2, 0) is 4.79 Å². The molecule has 2 nitrogen and oxygen atoms in total. The molecule has 36 valence electrons. The van der Waals surface area contributed by atoms with Gasteiger partial charge >= 0.3 is 0 Å². The summed E-state index contributed by atoms with van der Waals surface area (Å²) in [6, 6.07) is 0. The first-order valence-corrected chi connectivity index (χ1v) is 2.26. The Morgan fingerprint density at radius 1 is 2.00 bits per heavy atom. The van der Waals surface area contributed by atoms with Crippen LogP contribution in [0, 0.1) is 0 Å². The molecule has 0 saturated carbocycles. The van der Waals surface area contributed by atoms with Crippen LogP contribution in [0.5, 0.6) is 0 Å². The summed E-state index contributed by atoms with van der Waals surface area (Å²) in [6.45, 7) is 1.45. The third kappa shape index (κ3) is 3.82. The summed E-state index contributed by atoms with van der Waals surface area (Å²) in [7, 11) is 0. The van der Waals surface area contributed by atoms with Gasteiger partial charge in [-0.25, -0.2) is 0 Å². The zero-order valence-electron chi connectivity index (χ0n) is 3.56. The van der Waals surface area contributed by atoms with E-state index in [1.807, 2.05) is 0 Å². The molecule has 0 aliphatic rings. The molecule has 1 N–H and O–H groups in total. The molecule has 0 unspecified atom stereocenters. The van der Waals surface area contributed by atoms with Crippen LogP contribution in [0.15, 0.2) is 0 Å². The van der Waals surface area contributed by atoms with Gasteiger partial charge in [-0.15, -0.1) is 0 Å². The summed E-state index contributed by atoms with van der Waals surface area (Å²) >= 11 is 3.73. The van der Waals surface area contributed by atoms with Crippen molar-refractivity contribution in [2.45, 2.75) is 6.92 Å². The average Bonchev–Trinajstić information content (AvgIpc) is 1.35.